The van der Waals surface area contributed by atoms with E-state index in [2.05, 4.69) is 9.97 Å². The van der Waals surface area contributed by atoms with Crippen LogP contribution in [0.2, 0.25) is 10.3 Å². The first-order valence-corrected chi connectivity index (χ1v) is 6.51. The average molecular weight is 294 g/mol. The molecule has 4 nitrogen and oxygen atoms in total. The van der Waals surface area contributed by atoms with Crippen molar-refractivity contribution in [2.45, 2.75) is 6.54 Å². The van der Waals surface area contributed by atoms with E-state index < -0.39 is 0 Å². The van der Waals surface area contributed by atoms with Gasteiger partial charge in [-0.1, -0.05) is 12.1 Å². The van der Waals surface area contributed by atoms with E-state index in [1.165, 1.54) is 0 Å². The zero-order chi connectivity index (χ0) is 13.4. The number of aryl methyl sites for hydroxylation is 1. The number of para-hydroxylation sites is 2. The van der Waals surface area contributed by atoms with Crippen molar-refractivity contribution in [2.75, 3.05) is 0 Å². The zero-order valence-electron chi connectivity index (χ0n) is 10.2. The maximum absolute atomic E-state index is 6.14. The Morgan fingerprint density at radius 1 is 1.21 bits per heavy atom. The molecule has 2 aromatic heterocycles. The van der Waals surface area contributed by atoms with E-state index in [-0.39, 0.29) is 0 Å². The Morgan fingerprint density at radius 3 is 2.63 bits per heavy atom. The van der Waals surface area contributed by atoms with Crippen molar-refractivity contribution < 1.29 is 4.57 Å². The van der Waals surface area contributed by atoms with E-state index in [9.17, 15) is 0 Å². The summed E-state index contributed by atoms with van der Waals surface area (Å²) >= 11 is 12.2. The minimum Gasteiger partial charge on any atom is -0.253 e. The number of benzene rings is 1. The summed E-state index contributed by atoms with van der Waals surface area (Å²) in [4.78, 5) is 8.93. The van der Waals surface area contributed by atoms with Crippen LogP contribution in [0, 0.1) is 0 Å². The maximum Gasteiger partial charge on any atom is 0.255 e. The molecule has 3 aromatic rings. The first-order valence-electron chi connectivity index (χ1n) is 5.75. The molecule has 2 heterocycles. The largest absolute Gasteiger partial charge is 0.255 e. The Bertz CT molecular complexity index is 751. The molecule has 0 atom stereocenters. The van der Waals surface area contributed by atoms with Crippen molar-refractivity contribution in [1.29, 1.82) is 0 Å². The molecule has 0 spiro atoms. The number of rotatable bonds is 2. The number of hydrogen-bond donors (Lipinski definition) is 0. The minimum absolute atomic E-state index is 0.499. The summed E-state index contributed by atoms with van der Waals surface area (Å²) in [5.74, 6) is 0. The van der Waals surface area contributed by atoms with E-state index >= 15 is 0 Å². The Morgan fingerprint density at radius 2 is 1.95 bits per heavy atom. The average Bonchev–Trinajstić information content (AvgIpc) is 2.66. The molecule has 0 unspecified atom stereocenters. The van der Waals surface area contributed by atoms with E-state index in [4.69, 9.17) is 23.2 Å². The molecule has 3 rings (SSSR count). The highest BCUT2D eigenvalue weighted by Gasteiger charge is 2.18. The van der Waals surface area contributed by atoms with Gasteiger partial charge < -0.3 is 0 Å². The molecular weight excluding hydrogens is 283 g/mol. The molecule has 19 heavy (non-hydrogen) atoms. The molecule has 6 heteroatoms. The maximum atomic E-state index is 6.14. The lowest BCUT2D eigenvalue weighted by molar-refractivity contribution is -0.668. The summed E-state index contributed by atoms with van der Waals surface area (Å²) < 4.78 is 3.60. The van der Waals surface area contributed by atoms with Gasteiger partial charge in [0.2, 0.25) is 6.33 Å². The number of aromatic nitrogens is 4. The highest BCUT2D eigenvalue weighted by molar-refractivity contribution is 6.39. The highest BCUT2D eigenvalue weighted by Crippen LogP contribution is 2.19. The number of fused-ring (bicyclic) bond motifs is 1. The van der Waals surface area contributed by atoms with Gasteiger partial charge in [0.15, 0.2) is 0 Å². The second-order valence-electron chi connectivity index (χ2n) is 4.29. The van der Waals surface area contributed by atoms with Crippen LogP contribution in [-0.2, 0) is 13.6 Å². The predicted octanol–water partition coefficient (Wildman–Crippen LogP) is 2.61. The molecule has 0 aliphatic carbocycles. The van der Waals surface area contributed by atoms with Crippen LogP contribution >= 0.6 is 23.2 Å². The molecule has 0 amide bonds. The van der Waals surface area contributed by atoms with E-state index in [1.54, 1.807) is 10.8 Å². The molecule has 1 aromatic carbocycles. The quantitative estimate of drug-likeness (QED) is 0.681. The summed E-state index contributed by atoms with van der Waals surface area (Å²) in [7, 11) is 1.84. The van der Waals surface area contributed by atoms with Crippen molar-refractivity contribution in [3.05, 3.63) is 52.8 Å². The molecule has 96 valence electrons. The van der Waals surface area contributed by atoms with Crippen molar-refractivity contribution in [3.8, 4) is 0 Å². The van der Waals surface area contributed by atoms with E-state index in [1.807, 2.05) is 42.2 Å². The Kier molecular flexibility index (Phi) is 3.12. The van der Waals surface area contributed by atoms with Crippen molar-refractivity contribution in [1.82, 2.24) is 14.5 Å². The fraction of sp³-hybridized carbons (Fsp3) is 0.154. The lowest BCUT2D eigenvalue weighted by atomic mass is 10.3. The minimum atomic E-state index is 0.499. The van der Waals surface area contributed by atoms with Crippen LogP contribution in [0.1, 0.15) is 5.69 Å². The van der Waals surface area contributed by atoms with Crippen LogP contribution in [-0.4, -0.2) is 14.5 Å². The van der Waals surface area contributed by atoms with Gasteiger partial charge in [0, 0.05) is 0 Å². The Hall–Kier alpha value is -1.65. The number of imidazole rings is 1. The fourth-order valence-corrected chi connectivity index (χ4v) is 2.32. The predicted molar refractivity (Wildman–Crippen MR) is 74.3 cm³/mol. The van der Waals surface area contributed by atoms with Crippen LogP contribution in [0.3, 0.4) is 0 Å². The second-order valence-corrected chi connectivity index (χ2v) is 5.00. The molecule has 0 bridgehead atoms. The SMILES string of the molecule is C[n+]1cn(Cc2cnc3ccccc3n2)c(Cl)c1Cl. The van der Waals surface area contributed by atoms with Gasteiger partial charge in [-0.15, -0.1) is 0 Å². The smallest absolute Gasteiger partial charge is 0.253 e. The Labute approximate surface area is 120 Å². The third kappa shape index (κ3) is 2.29. The third-order valence-electron chi connectivity index (χ3n) is 2.88. The van der Waals surface area contributed by atoms with Gasteiger partial charge in [-0.05, 0) is 35.3 Å². The van der Waals surface area contributed by atoms with Gasteiger partial charge in [-0.2, -0.15) is 0 Å². The summed E-state index contributed by atoms with van der Waals surface area (Å²) in [6.07, 6.45) is 3.59. The molecule has 0 saturated carbocycles. The number of hydrogen-bond acceptors (Lipinski definition) is 2. The van der Waals surface area contributed by atoms with Crippen LogP contribution < -0.4 is 4.57 Å². The lowest BCUT2D eigenvalue weighted by Crippen LogP contribution is -2.26. The third-order valence-corrected chi connectivity index (χ3v) is 3.81. The summed E-state index contributed by atoms with van der Waals surface area (Å²) in [6, 6.07) is 7.77. The van der Waals surface area contributed by atoms with Gasteiger partial charge in [0.25, 0.3) is 10.3 Å². The van der Waals surface area contributed by atoms with Crippen molar-refractivity contribution in [3.63, 3.8) is 0 Å². The van der Waals surface area contributed by atoms with Gasteiger partial charge in [0.1, 0.15) is 12.2 Å². The first-order chi connectivity index (χ1) is 9.15. The van der Waals surface area contributed by atoms with Crippen LogP contribution in [0.5, 0.6) is 0 Å². The molecule has 0 saturated heterocycles. The molecule has 0 fully saturated rings. The second kappa shape index (κ2) is 4.79. The normalized spacial score (nSPS) is 11.1. The van der Waals surface area contributed by atoms with Crippen molar-refractivity contribution in [2.24, 2.45) is 7.05 Å². The first kappa shape index (κ1) is 12.4. The van der Waals surface area contributed by atoms with Crippen LogP contribution in [0.25, 0.3) is 11.0 Å². The van der Waals surface area contributed by atoms with E-state index in [0.717, 1.165) is 16.7 Å². The highest BCUT2D eigenvalue weighted by atomic mass is 35.5. The standard InChI is InChI=1S/C13H11Cl2N4/c1-18-8-19(13(15)12(18)14)7-9-6-16-10-4-2-3-5-11(10)17-9/h2-6,8H,7H2,1H3/q+1. The van der Waals surface area contributed by atoms with Gasteiger partial charge in [-0.25, -0.2) is 14.1 Å². The van der Waals surface area contributed by atoms with Crippen LogP contribution in [0.15, 0.2) is 36.8 Å². The van der Waals surface area contributed by atoms with Gasteiger partial charge in [0.05, 0.1) is 24.3 Å². The number of nitrogens with zero attached hydrogens (tertiary/aromatic N) is 4. The van der Waals surface area contributed by atoms with Crippen LogP contribution in [0.4, 0.5) is 0 Å². The molecule has 0 N–H and O–H groups in total. The number of halogens is 2. The lowest BCUT2D eigenvalue weighted by Gasteiger charge is -2.00. The molecule has 0 aliphatic rings. The van der Waals surface area contributed by atoms with Gasteiger partial charge in [-0.3, -0.25) is 4.98 Å². The van der Waals surface area contributed by atoms with Crippen molar-refractivity contribution >= 4 is 34.2 Å². The van der Waals surface area contributed by atoms with Gasteiger partial charge >= 0.3 is 0 Å². The Balaban J connectivity index is 1.98. The summed E-state index contributed by atoms with van der Waals surface area (Å²) in [5.41, 5.74) is 2.60. The zero-order valence-corrected chi connectivity index (χ0v) is 11.7. The summed E-state index contributed by atoms with van der Waals surface area (Å²) in [5, 5.41) is 1.01. The molecule has 0 aliphatic heterocycles. The topological polar surface area (TPSA) is 34.6 Å². The monoisotopic (exact) mass is 293 g/mol. The summed E-state index contributed by atoms with van der Waals surface area (Å²) in [6.45, 7) is 0.539. The fourth-order valence-electron chi connectivity index (χ4n) is 1.93. The molecule has 0 radical (unpaired) electrons. The van der Waals surface area contributed by atoms with E-state index in [0.29, 0.717) is 16.9 Å². The molecular formula is C13H11Cl2N4+.